The van der Waals surface area contributed by atoms with Crippen LogP contribution in [-0.4, -0.2) is 127 Å². The maximum absolute atomic E-state index is 14.1. The Morgan fingerprint density at radius 2 is 1.31 bits per heavy atom. The third-order valence-electron chi connectivity index (χ3n) is 13.0. The van der Waals surface area contributed by atoms with Crippen molar-refractivity contribution in [2.75, 3.05) is 33.2 Å². The van der Waals surface area contributed by atoms with Gasteiger partial charge >= 0.3 is 18.2 Å². The zero-order valence-electron chi connectivity index (χ0n) is 39.4. The van der Waals surface area contributed by atoms with Crippen LogP contribution in [0.5, 0.6) is 0 Å². The lowest BCUT2D eigenvalue weighted by atomic mass is 9.79. The molecule has 4 amide bonds. The van der Waals surface area contributed by atoms with Crippen molar-refractivity contribution in [3.63, 3.8) is 0 Å². The number of carbonyl (C=O) groups excluding carboxylic acids is 5. The van der Waals surface area contributed by atoms with Crippen molar-refractivity contribution < 1.29 is 58.1 Å². The van der Waals surface area contributed by atoms with Gasteiger partial charge in [-0.15, -0.1) is 11.8 Å². The summed E-state index contributed by atoms with van der Waals surface area (Å²) in [7, 11) is 1.87. The average molecular weight is 1020 g/mol. The van der Waals surface area contributed by atoms with Crippen molar-refractivity contribution in [1.29, 1.82) is 0 Å². The number of aliphatic hydroxyl groups is 1. The number of guanidine groups is 1. The number of nitro groups is 3. The van der Waals surface area contributed by atoms with E-state index in [1.54, 1.807) is 6.92 Å². The average Bonchev–Trinajstić information content (AvgIpc) is 4.05. The first-order valence-electron chi connectivity index (χ1n) is 23.1. The number of amides is 4. The van der Waals surface area contributed by atoms with Crippen LogP contribution in [0.4, 0.5) is 26.7 Å². The number of nitro benzene ring substituents is 3. The fraction of sp³-hybridized carbons (Fsp3) is 0.447. The quantitative estimate of drug-likeness (QED) is 0.0216. The fourth-order valence-electron chi connectivity index (χ4n) is 9.26. The van der Waals surface area contributed by atoms with Crippen LogP contribution in [0.3, 0.4) is 0 Å². The molecule has 25 heteroatoms. The van der Waals surface area contributed by atoms with Gasteiger partial charge in [-0.1, -0.05) is 6.92 Å². The molecule has 3 saturated heterocycles. The summed E-state index contributed by atoms with van der Waals surface area (Å²) < 4.78 is 16.1. The van der Waals surface area contributed by atoms with Crippen LogP contribution in [0.2, 0.25) is 0 Å². The predicted octanol–water partition coefficient (Wildman–Crippen LogP) is 5.17. The van der Waals surface area contributed by atoms with Gasteiger partial charge in [-0.2, -0.15) is 0 Å². The molecular weight excluding hydrogens is 963 g/mol. The lowest BCUT2D eigenvalue weighted by Gasteiger charge is -2.46. The third-order valence-corrected chi connectivity index (χ3v) is 14.5. The summed E-state index contributed by atoms with van der Waals surface area (Å²) in [4.78, 5) is 108. The number of aliphatic hydroxyl groups excluding tert-OH is 1. The Balaban J connectivity index is 0.925. The highest BCUT2D eigenvalue weighted by Gasteiger charge is 2.60. The molecule has 4 aliphatic rings. The molecule has 0 bridgehead atoms. The van der Waals surface area contributed by atoms with Crippen molar-refractivity contribution >= 4 is 64.8 Å². The minimum absolute atomic E-state index is 0.0272. The molecule has 0 saturated carbocycles. The Bertz CT molecular complexity index is 2550. The zero-order valence-corrected chi connectivity index (χ0v) is 40.3. The van der Waals surface area contributed by atoms with Crippen molar-refractivity contribution in [3.05, 3.63) is 130 Å². The number of thioether (sulfide) groups is 1. The number of hydrogen-bond acceptors (Lipinski definition) is 18. The number of ether oxygens (including phenoxy) is 3. The summed E-state index contributed by atoms with van der Waals surface area (Å²) >= 11 is 1.44. The zero-order chi connectivity index (χ0) is 51.8. The molecule has 0 unspecified atom stereocenters. The number of hydrogen-bond donors (Lipinski definition) is 3. The standard InChI is InChI=1S/C47H53N9O15S/c1-27-39-38(28(2)57)43(59)53(39)40(44(60)69-24-30-6-12-33(13-7-30)54(63)64)41(27)72-36-21-37(51(3)23-36)42(58)52-20-18-29(22-52)5-4-19-48-45(49-46(61)70-25-31-8-14-34(15-9-31)55(65)66)50-47(62)71-26-32-10-16-35(17-11-32)56(67)68/h6-17,27-29,36-39,57H,4-5,18-26H2,1-3H3,(H2,48,49,50,61,62)/t27-,28-,29+,36+,37+,38-,39-/m1/s1. The highest BCUT2D eigenvalue weighted by molar-refractivity contribution is 8.03. The number of β-lactam (4-membered cyclic amide) rings is 1. The Morgan fingerprint density at radius 1 is 0.806 bits per heavy atom. The van der Waals surface area contributed by atoms with E-state index >= 15 is 0 Å². The number of likely N-dealkylation sites (tertiary alicyclic amines) is 2. The normalized spacial score (nSPS) is 21.8. The van der Waals surface area contributed by atoms with Crippen LogP contribution in [0, 0.1) is 48.1 Å². The van der Waals surface area contributed by atoms with Gasteiger partial charge in [0.2, 0.25) is 17.8 Å². The van der Waals surface area contributed by atoms with Crippen molar-refractivity contribution in [2.24, 2.45) is 22.7 Å². The third kappa shape index (κ3) is 12.5. The molecule has 4 aliphatic heterocycles. The maximum atomic E-state index is 14.1. The Hall–Kier alpha value is -7.51. The van der Waals surface area contributed by atoms with Crippen LogP contribution in [0.15, 0.2) is 88.4 Å². The number of non-ortho nitro benzene ring substituents is 3. The van der Waals surface area contributed by atoms with Gasteiger partial charge in [-0.25, -0.2) is 14.4 Å². The molecule has 3 fully saturated rings. The monoisotopic (exact) mass is 1020 g/mol. The number of carbonyl (C=O) groups is 5. The molecule has 382 valence electrons. The SMILES string of the molecule is C[C@@H](O)[C@H]1C(=O)N2C(C(=O)OCc3ccc([N+](=O)[O-])cc3)=C(S[C@H]3C[C@@H](C(=O)N4CC[C@H](CCCN=C(NC(=O)OCc5ccc([N+](=O)[O-])cc5)NC(=O)OCc5ccc([N+](=O)[O-])cc5)C4)N(C)C3)[C@H](C)[C@H]12. The van der Waals surface area contributed by atoms with Crippen molar-refractivity contribution in [1.82, 2.24) is 25.3 Å². The van der Waals surface area contributed by atoms with E-state index < -0.39 is 57.0 Å². The molecule has 24 nitrogen and oxygen atoms in total. The van der Waals surface area contributed by atoms with E-state index in [0.29, 0.717) is 60.5 Å². The van der Waals surface area contributed by atoms with E-state index in [2.05, 4.69) is 15.6 Å². The number of benzene rings is 3. The van der Waals surface area contributed by atoms with Gasteiger partial charge in [-0.3, -0.25) is 60.5 Å². The molecule has 3 aromatic rings. The summed E-state index contributed by atoms with van der Waals surface area (Å²) in [5, 5.41) is 48.2. The lowest BCUT2D eigenvalue weighted by molar-refractivity contribution is -0.385. The molecular formula is C47H53N9O15S. The van der Waals surface area contributed by atoms with E-state index in [-0.39, 0.29) is 84.0 Å². The van der Waals surface area contributed by atoms with Gasteiger partial charge in [-0.05, 0) is 98.7 Å². The second-order valence-corrected chi connectivity index (χ2v) is 19.3. The van der Waals surface area contributed by atoms with E-state index in [4.69, 9.17) is 14.2 Å². The summed E-state index contributed by atoms with van der Waals surface area (Å²) in [6.45, 7) is 4.50. The van der Waals surface area contributed by atoms with E-state index in [9.17, 15) is 59.4 Å². The Kier molecular flexibility index (Phi) is 16.8. The second-order valence-electron chi connectivity index (χ2n) is 18.0. The molecule has 4 heterocycles. The molecule has 0 spiro atoms. The highest BCUT2D eigenvalue weighted by atomic mass is 32.2. The first-order chi connectivity index (χ1) is 34.4. The lowest BCUT2D eigenvalue weighted by Crippen LogP contribution is -2.63. The van der Waals surface area contributed by atoms with Gasteiger partial charge in [0, 0.05) is 78.7 Å². The number of fused-ring (bicyclic) bond motifs is 1. The van der Waals surface area contributed by atoms with Gasteiger partial charge in [0.25, 0.3) is 17.1 Å². The number of esters is 1. The van der Waals surface area contributed by atoms with Gasteiger partial charge in [0.05, 0.1) is 38.9 Å². The van der Waals surface area contributed by atoms with Crippen molar-refractivity contribution in [2.45, 2.75) is 82.8 Å². The van der Waals surface area contributed by atoms with Gasteiger partial charge < -0.3 is 29.1 Å². The van der Waals surface area contributed by atoms with E-state index in [1.165, 1.54) is 89.5 Å². The Morgan fingerprint density at radius 3 is 1.79 bits per heavy atom. The van der Waals surface area contributed by atoms with Gasteiger partial charge in [0.15, 0.2) is 0 Å². The maximum Gasteiger partial charge on any atom is 0.414 e. The molecule has 0 aromatic heterocycles. The smallest absolute Gasteiger partial charge is 0.414 e. The molecule has 3 N–H and O–H groups in total. The highest BCUT2D eigenvalue weighted by Crippen LogP contribution is 2.52. The van der Waals surface area contributed by atoms with Crippen molar-refractivity contribution in [3.8, 4) is 0 Å². The number of rotatable bonds is 18. The molecule has 0 aliphatic carbocycles. The molecule has 7 rings (SSSR count). The van der Waals surface area contributed by atoms with E-state index in [0.717, 1.165) is 6.42 Å². The predicted molar refractivity (Wildman–Crippen MR) is 256 cm³/mol. The Labute approximate surface area is 416 Å². The van der Waals surface area contributed by atoms with Crippen LogP contribution >= 0.6 is 11.8 Å². The number of nitrogens with zero attached hydrogens (tertiary/aromatic N) is 7. The number of alkyl carbamates (subject to hydrolysis) is 2. The fourth-order valence-corrected chi connectivity index (χ4v) is 10.9. The van der Waals surface area contributed by atoms with E-state index in [1.807, 2.05) is 23.8 Å². The first kappa shape index (κ1) is 52.3. The minimum Gasteiger partial charge on any atom is -0.456 e. The minimum atomic E-state index is -0.982. The molecule has 7 atom stereocenters. The van der Waals surface area contributed by atoms with Crippen LogP contribution in [0.1, 0.15) is 56.2 Å². The van der Waals surface area contributed by atoms with Gasteiger partial charge in [0.1, 0.15) is 25.5 Å². The molecule has 3 aromatic carbocycles. The number of likely N-dealkylation sites (N-methyl/N-ethyl adjacent to an activating group) is 1. The molecule has 0 radical (unpaired) electrons. The van der Waals surface area contributed by atoms with Crippen LogP contribution in [0.25, 0.3) is 0 Å². The van der Waals surface area contributed by atoms with Crippen LogP contribution in [-0.2, 0) is 48.4 Å². The second kappa shape index (κ2) is 23.1. The van der Waals surface area contributed by atoms with Crippen LogP contribution < -0.4 is 10.6 Å². The topological polar surface area (TPSA) is 309 Å². The summed E-state index contributed by atoms with van der Waals surface area (Å²) in [5.74, 6) is -2.26. The number of nitrogens with one attached hydrogen (secondary N) is 2. The first-order valence-corrected chi connectivity index (χ1v) is 24.0. The summed E-state index contributed by atoms with van der Waals surface area (Å²) in [5.41, 5.74) is 1.19. The number of aliphatic imine (C=N–C) groups is 1. The summed E-state index contributed by atoms with van der Waals surface area (Å²) in [6.07, 6.45) is -0.513. The summed E-state index contributed by atoms with van der Waals surface area (Å²) in [6, 6.07) is 15.5. The molecule has 72 heavy (non-hydrogen) atoms. The largest absolute Gasteiger partial charge is 0.456 e.